The van der Waals surface area contributed by atoms with Gasteiger partial charge in [-0.15, -0.1) is 0 Å². The molecule has 1 fully saturated rings. The summed E-state index contributed by atoms with van der Waals surface area (Å²) in [5.41, 5.74) is 1.99. The first kappa shape index (κ1) is 20.7. The van der Waals surface area contributed by atoms with Crippen LogP contribution in [0.5, 0.6) is 0 Å². The van der Waals surface area contributed by atoms with Crippen LogP contribution in [0.3, 0.4) is 0 Å². The average Bonchev–Trinajstić information content (AvgIpc) is 2.80. The van der Waals surface area contributed by atoms with Crippen LogP contribution in [-0.2, 0) is 17.1 Å². The second-order valence-electron chi connectivity index (χ2n) is 7.93. The van der Waals surface area contributed by atoms with Gasteiger partial charge in [0.15, 0.2) is 5.16 Å². The Morgan fingerprint density at radius 1 is 1.07 bits per heavy atom. The number of nitrogens with zero attached hydrogens (tertiary/aromatic N) is 2. The normalized spacial score (nSPS) is 19.0. The Morgan fingerprint density at radius 2 is 1.77 bits per heavy atom. The third-order valence-electron chi connectivity index (χ3n) is 5.94. The monoisotopic (exact) mass is 421 g/mol. The molecule has 1 aliphatic rings. The van der Waals surface area contributed by atoms with E-state index in [1.54, 1.807) is 18.8 Å². The molecule has 1 saturated carbocycles. The molecule has 1 aromatic heterocycles. The first-order chi connectivity index (χ1) is 14.7. The highest BCUT2D eigenvalue weighted by Gasteiger charge is 2.26. The highest BCUT2D eigenvalue weighted by Crippen LogP contribution is 2.31. The van der Waals surface area contributed by atoms with Crippen molar-refractivity contribution in [3.05, 3.63) is 70.5 Å². The molecule has 1 N–H and O–H groups in total. The van der Waals surface area contributed by atoms with Gasteiger partial charge in [0, 0.05) is 25.3 Å². The van der Waals surface area contributed by atoms with Crippen molar-refractivity contribution in [3.8, 4) is 0 Å². The predicted molar refractivity (Wildman–Crippen MR) is 122 cm³/mol. The topological polar surface area (TPSA) is 64.0 Å². The van der Waals surface area contributed by atoms with E-state index >= 15 is 0 Å². The molecule has 0 radical (unpaired) electrons. The Labute approximate surface area is 180 Å². The van der Waals surface area contributed by atoms with Crippen LogP contribution >= 0.6 is 11.8 Å². The van der Waals surface area contributed by atoms with Crippen LogP contribution in [0.4, 0.5) is 0 Å². The summed E-state index contributed by atoms with van der Waals surface area (Å²) in [6, 6.07) is 17.8. The maximum absolute atomic E-state index is 13.3. The second-order valence-corrected chi connectivity index (χ2v) is 8.88. The standard InChI is InChI=1S/C24H27N3O2S/c1-25-22(28)19-13-11-17(12-14-19)15-27-23(29)20-9-5-6-10-21(20)26-24(27)30-16-18-7-3-2-4-8-18/h2-10,17,19H,11-16H2,1H3,(H,25,28). The molecule has 1 aliphatic carbocycles. The van der Waals surface area contributed by atoms with Gasteiger partial charge in [-0.3, -0.25) is 14.2 Å². The summed E-state index contributed by atoms with van der Waals surface area (Å²) < 4.78 is 1.86. The molecule has 0 spiro atoms. The summed E-state index contributed by atoms with van der Waals surface area (Å²) in [6.45, 7) is 0.661. The van der Waals surface area contributed by atoms with E-state index in [1.807, 2.05) is 47.0 Å². The fourth-order valence-corrected chi connectivity index (χ4v) is 5.17. The van der Waals surface area contributed by atoms with Crippen molar-refractivity contribution in [2.75, 3.05) is 7.05 Å². The Kier molecular flexibility index (Phi) is 6.53. The first-order valence-corrected chi connectivity index (χ1v) is 11.5. The number of hydrogen-bond donors (Lipinski definition) is 1. The Balaban J connectivity index is 1.58. The third-order valence-corrected chi connectivity index (χ3v) is 6.99. The summed E-state index contributed by atoms with van der Waals surface area (Å²) in [5, 5.41) is 4.20. The number of nitrogens with one attached hydrogen (secondary N) is 1. The minimum Gasteiger partial charge on any atom is -0.359 e. The van der Waals surface area contributed by atoms with Gasteiger partial charge in [0.05, 0.1) is 10.9 Å². The van der Waals surface area contributed by atoms with Crippen molar-refractivity contribution in [3.63, 3.8) is 0 Å². The average molecular weight is 422 g/mol. The van der Waals surface area contributed by atoms with Crippen LogP contribution in [0, 0.1) is 11.8 Å². The molecule has 0 bridgehead atoms. The fourth-order valence-electron chi connectivity index (χ4n) is 4.21. The molecule has 6 heteroatoms. The zero-order valence-electron chi connectivity index (χ0n) is 17.2. The summed E-state index contributed by atoms with van der Waals surface area (Å²) in [6.07, 6.45) is 3.68. The molecule has 0 unspecified atom stereocenters. The zero-order chi connectivity index (χ0) is 20.9. The first-order valence-electron chi connectivity index (χ1n) is 10.5. The van der Waals surface area contributed by atoms with Crippen molar-refractivity contribution in [1.82, 2.24) is 14.9 Å². The Bertz CT molecular complexity index is 1070. The summed E-state index contributed by atoms with van der Waals surface area (Å²) in [4.78, 5) is 30.1. The molecule has 1 amide bonds. The van der Waals surface area contributed by atoms with Crippen LogP contribution in [0.15, 0.2) is 64.5 Å². The van der Waals surface area contributed by atoms with Crippen molar-refractivity contribution in [1.29, 1.82) is 0 Å². The largest absolute Gasteiger partial charge is 0.359 e. The molecule has 2 aromatic carbocycles. The maximum Gasteiger partial charge on any atom is 0.262 e. The molecule has 4 rings (SSSR count). The summed E-state index contributed by atoms with van der Waals surface area (Å²) in [7, 11) is 1.70. The minimum atomic E-state index is 0.0320. The molecule has 5 nitrogen and oxygen atoms in total. The van der Waals surface area contributed by atoms with Gasteiger partial charge in [0.2, 0.25) is 5.91 Å². The molecule has 0 saturated heterocycles. The number of hydrogen-bond acceptors (Lipinski definition) is 4. The highest BCUT2D eigenvalue weighted by atomic mass is 32.2. The number of fused-ring (bicyclic) bond motifs is 1. The van der Waals surface area contributed by atoms with E-state index in [-0.39, 0.29) is 17.4 Å². The van der Waals surface area contributed by atoms with Gasteiger partial charge >= 0.3 is 0 Å². The number of carbonyl (C=O) groups excluding carboxylic acids is 1. The highest BCUT2D eigenvalue weighted by molar-refractivity contribution is 7.98. The minimum absolute atomic E-state index is 0.0320. The van der Waals surface area contributed by atoms with Gasteiger partial charge in [0.1, 0.15) is 0 Å². The van der Waals surface area contributed by atoms with E-state index in [9.17, 15) is 9.59 Å². The quantitative estimate of drug-likeness (QED) is 0.478. The van der Waals surface area contributed by atoms with E-state index in [2.05, 4.69) is 17.4 Å². The van der Waals surface area contributed by atoms with E-state index < -0.39 is 0 Å². The summed E-state index contributed by atoms with van der Waals surface area (Å²) >= 11 is 1.61. The van der Waals surface area contributed by atoms with Gasteiger partial charge in [-0.2, -0.15) is 0 Å². The zero-order valence-corrected chi connectivity index (χ0v) is 18.0. The molecule has 156 valence electrons. The van der Waals surface area contributed by atoms with Crippen LogP contribution < -0.4 is 10.9 Å². The number of amides is 1. The van der Waals surface area contributed by atoms with Crippen LogP contribution in [0.25, 0.3) is 10.9 Å². The van der Waals surface area contributed by atoms with Crippen molar-refractivity contribution >= 4 is 28.6 Å². The number of rotatable bonds is 6. The number of benzene rings is 2. The molecule has 1 heterocycles. The van der Waals surface area contributed by atoms with Crippen LogP contribution in [0.2, 0.25) is 0 Å². The molecular weight excluding hydrogens is 394 g/mol. The van der Waals surface area contributed by atoms with Gasteiger partial charge in [-0.1, -0.05) is 54.2 Å². The van der Waals surface area contributed by atoms with Gasteiger partial charge in [-0.05, 0) is 49.3 Å². The summed E-state index contributed by atoms with van der Waals surface area (Å²) in [5.74, 6) is 1.40. The van der Waals surface area contributed by atoms with E-state index in [4.69, 9.17) is 4.98 Å². The van der Waals surface area contributed by atoms with Crippen molar-refractivity contribution in [2.45, 2.75) is 43.1 Å². The fraction of sp³-hybridized carbons (Fsp3) is 0.375. The van der Waals surface area contributed by atoms with Gasteiger partial charge in [0.25, 0.3) is 5.56 Å². The lowest BCUT2D eigenvalue weighted by Crippen LogP contribution is -2.33. The van der Waals surface area contributed by atoms with E-state index in [0.717, 1.165) is 42.1 Å². The Hall–Kier alpha value is -2.60. The van der Waals surface area contributed by atoms with Gasteiger partial charge in [-0.25, -0.2) is 4.98 Å². The van der Waals surface area contributed by atoms with Crippen LogP contribution in [0.1, 0.15) is 31.2 Å². The third kappa shape index (κ3) is 4.59. The molecule has 0 aliphatic heterocycles. The lowest BCUT2D eigenvalue weighted by Gasteiger charge is -2.28. The molecular formula is C24H27N3O2S. The Morgan fingerprint density at radius 3 is 2.50 bits per heavy atom. The van der Waals surface area contributed by atoms with Crippen molar-refractivity contribution < 1.29 is 4.79 Å². The van der Waals surface area contributed by atoms with E-state index in [0.29, 0.717) is 17.8 Å². The van der Waals surface area contributed by atoms with E-state index in [1.165, 1.54) is 5.56 Å². The maximum atomic E-state index is 13.3. The molecule has 0 atom stereocenters. The SMILES string of the molecule is CNC(=O)C1CCC(Cn2c(SCc3ccccc3)nc3ccccc3c2=O)CC1. The number of carbonyl (C=O) groups is 1. The lowest BCUT2D eigenvalue weighted by atomic mass is 9.81. The molecule has 3 aromatic rings. The number of aromatic nitrogens is 2. The number of thioether (sulfide) groups is 1. The van der Waals surface area contributed by atoms with Crippen LogP contribution in [-0.4, -0.2) is 22.5 Å². The smallest absolute Gasteiger partial charge is 0.262 e. The second kappa shape index (κ2) is 9.47. The van der Waals surface area contributed by atoms with Gasteiger partial charge < -0.3 is 5.32 Å². The van der Waals surface area contributed by atoms with Crippen molar-refractivity contribution in [2.24, 2.45) is 11.8 Å². The lowest BCUT2D eigenvalue weighted by molar-refractivity contribution is -0.125. The predicted octanol–water partition coefficient (Wildman–Crippen LogP) is 4.24. The number of para-hydroxylation sites is 1. The molecule has 30 heavy (non-hydrogen) atoms.